The minimum absolute atomic E-state index is 0.292. The number of hydrogen-bond donors (Lipinski definition) is 2. The molecule has 0 aliphatic heterocycles. The van der Waals surface area contributed by atoms with Gasteiger partial charge >= 0.3 is 0 Å². The summed E-state index contributed by atoms with van der Waals surface area (Å²) in [5.41, 5.74) is 2.14. The van der Waals surface area contributed by atoms with Crippen molar-refractivity contribution in [3.05, 3.63) is 60.5 Å². The Balaban J connectivity index is 1.65. The first-order chi connectivity index (χ1) is 13.3. The van der Waals surface area contributed by atoms with Gasteiger partial charge in [-0.15, -0.1) is 0 Å². The van der Waals surface area contributed by atoms with Gasteiger partial charge in [-0.3, -0.25) is 4.98 Å². The van der Waals surface area contributed by atoms with Crippen molar-refractivity contribution in [2.75, 3.05) is 10.6 Å². The van der Waals surface area contributed by atoms with Crippen LogP contribution < -0.4 is 10.6 Å². The van der Waals surface area contributed by atoms with Gasteiger partial charge < -0.3 is 10.6 Å². The Morgan fingerprint density at radius 1 is 0.889 bits per heavy atom. The molecule has 27 heavy (non-hydrogen) atoms. The lowest BCUT2D eigenvalue weighted by Crippen LogP contribution is -2.23. The van der Waals surface area contributed by atoms with E-state index in [0.29, 0.717) is 23.5 Å². The molecule has 1 fully saturated rings. The molecule has 2 heterocycles. The largest absolute Gasteiger partial charge is 0.351 e. The highest BCUT2D eigenvalue weighted by Crippen LogP contribution is 2.25. The molecular formula is C21H22FN5. The zero-order valence-corrected chi connectivity index (χ0v) is 15.0. The van der Waals surface area contributed by atoms with Crippen LogP contribution >= 0.6 is 0 Å². The van der Waals surface area contributed by atoms with Gasteiger partial charge in [0, 0.05) is 24.0 Å². The third kappa shape index (κ3) is 4.58. The number of benzene rings is 1. The van der Waals surface area contributed by atoms with Crippen LogP contribution in [0.15, 0.2) is 54.7 Å². The Kier molecular flexibility index (Phi) is 5.23. The molecule has 2 N–H and O–H groups in total. The smallest absolute Gasteiger partial charge is 0.225 e. The zero-order chi connectivity index (χ0) is 18.5. The van der Waals surface area contributed by atoms with Crippen molar-refractivity contribution >= 4 is 17.5 Å². The van der Waals surface area contributed by atoms with Gasteiger partial charge in [0.25, 0.3) is 0 Å². The number of aromatic nitrogens is 3. The molecule has 1 aliphatic rings. The van der Waals surface area contributed by atoms with Crippen LogP contribution in [-0.4, -0.2) is 21.0 Å². The summed E-state index contributed by atoms with van der Waals surface area (Å²) in [7, 11) is 0. The Labute approximate surface area is 158 Å². The lowest BCUT2D eigenvalue weighted by molar-refractivity contribution is 0.461. The molecule has 6 heteroatoms. The highest BCUT2D eigenvalue weighted by molar-refractivity contribution is 5.65. The van der Waals surface area contributed by atoms with Gasteiger partial charge in [0.15, 0.2) is 0 Å². The molecule has 0 unspecified atom stereocenters. The molecule has 0 radical (unpaired) electrons. The second-order valence-corrected chi connectivity index (χ2v) is 6.79. The fraction of sp³-hybridized carbons (Fsp3) is 0.286. The lowest BCUT2D eigenvalue weighted by atomic mass is 9.96. The van der Waals surface area contributed by atoms with Crippen LogP contribution in [0.4, 0.5) is 21.8 Å². The van der Waals surface area contributed by atoms with Gasteiger partial charge in [-0.2, -0.15) is 4.98 Å². The molecule has 3 aromatic rings. The van der Waals surface area contributed by atoms with Gasteiger partial charge in [-0.1, -0.05) is 31.4 Å². The van der Waals surface area contributed by atoms with Crippen LogP contribution in [0.1, 0.15) is 32.1 Å². The van der Waals surface area contributed by atoms with Gasteiger partial charge in [0.05, 0.1) is 11.4 Å². The average molecular weight is 363 g/mol. The highest BCUT2D eigenvalue weighted by Gasteiger charge is 2.16. The summed E-state index contributed by atoms with van der Waals surface area (Å²) in [6.45, 7) is 0. The standard InChI is InChI=1S/C21H22FN5/c22-15-7-6-10-17(13-15)24-20-14-19(18-11-4-5-12-23-18)26-21(27-20)25-16-8-2-1-3-9-16/h4-7,10-14,16H,1-3,8-9H2,(H2,24,25,26,27). The molecule has 0 bridgehead atoms. The molecule has 1 aromatic carbocycles. The fourth-order valence-corrected chi connectivity index (χ4v) is 3.36. The van der Waals surface area contributed by atoms with Crippen molar-refractivity contribution in [2.45, 2.75) is 38.1 Å². The third-order valence-electron chi connectivity index (χ3n) is 4.69. The zero-order valence-electron chi connectivity index (χ0n) is 15.0. The van der Waals surface area contributed by atoms with Crippen molar-refractivity contribution in [2.24, 2.45) is 0 Å². The van der Waals surface area contributed by atoms with Crippen molar-refractivity contribution < 1.29 is 4.39 Å². The third-order valence-corrected chi connectivity index (χ3v) is 4.69. The van der Waals surface area contributed by atoms with Crippen LogP contribution in [0.25, 0.3) is 11.4 Å². The summed E-state index contributed by atoms with van der Waals surface area (Å²) in [6, 6.07) is 14.3. The van der Waals surface area contributed by atoms with Gasteiger partial charge in [0.1, 0.15) is 11.6 Å². The van der Waals surface area contributed by atoms with E-state index in [-0.39, 0.29) is 5.82 Å². The van der Waals surface area contributed by atoms with Crippen LogP contribution in [0.2, 0.25) is 0 Å². The monoisotopic (exact) mass is 363 g/mol. The predicted molar refractivity (Wildman–Crippen MR) is 105 cm³/mol. The maximum Gasteiger partial charge on any atom is 0.225 e. The first-order valence-electron chi connectivity index (χ1n) is 9.36. The first kappa shape index (κ1) is 17.4. The number of hydrogen-bond acceptors (Lipinski definition) is 5. The molecule has 4 rings (SSSR count). The van der Waals surface area contributed by atoms with E-state index in [1.54, 1.807) is 18.3 Å². The van der Waals surface area contributed by atoms with Crippen LogP contribution in [0.5, 0.6) is 0 Å². The quantitative estimate of drug-likeness (QED) is 0.655. The fourth-order valence-electron chi connectivity index (χ4n) is 3.36. The van der Waals surface area contributed by atoms with E-state index in [0.717, 1.165) is 24.2 Å². The first-order valence-corrected chi connectivity index (χ1v) is 9.36. The van der Waals surface area contributed by atoms with Crippen molar-refractivity contribution in [3.8, 4) is 11.4 Å². The molecule has 0 amide bonds. The van der Waals surface area contributed by atoms with E-state index in [2.05, 4.69) is 25.6 Å². The Morgan fingerprint density at radius 2 is 1.78 bits per heavy atom. The lowest BCUT2D eigenvalue weighted by Gasteiger charge is -2.23. The number of rotatable bonds is 5. The van der Waals surface area contributed by atoms with Crippen LogP contribution in [-0.2, 0) is 0 Å². The van der Waals surface area contributed by atoms with Crippen LogP contribution in [0, 0.1) is 5.82 Å². The van der Waals surface area contributed by atoms with Gasteiger partial charge in [-0.25, -0.2) is 9.37 Å². The maximum absolute atomic E-state index is 13.5. The predicted octanol–water partition coefficient (Wildman–Crippen LogP) is 5.17. The highest BCUT2D eigenvalue weighted by atomic mass is 19.1. The Morgan fingerprint density at radius 3 is 2.56 bits per heavy atom. The molecule has 0 saturated heterocycles. The van der Waals surface area contributed by atoms with E-state index in [4.69, 9.17) is 0 Å². The molecule has 138 valence electrons. The average Bonchev–Trinajstić information content (AvgIpc) is 2.69. The van der Waals surface area contributed by atoms with E-state index >= 15 is 0 Å². The van der Waals surface area contributed by atoms with E-state index in [1.807, 2.05) is 24.3 Å². The molecular weight excluding hydrogens is 341 g/mol. The summed E-state index contributed by atoms with van der Waals surface area (Å²) in [5, 5.41) is 6.64. The molecule has 2 aromatic heterocycles. The minimum atomic E-state index is -0.292. The molecule has 0 atom stereocenters. The van der Waals surface area contributed by atoms with Crippen LogP contribution in [0.3, 0.4) is 0 Å². The SMILES string of the molecule is Fc1cccc(Nc2cc(-c3ccccn3)nc(NC3CCCCC3)n2)c1. The molecule has 0 spiro atoms. The van der Waals surface area contributed by atoms with Crippen molar-refractivity contribution in [1.82, 2.24) is 15.0 Å². The molecule has 5 nitrogen and oxygen atoms in total. The number of nitrogens with one attached hydrogen (secondary N) is 2. The van der Waals surface area contributed by atoms with Crippen molar-refractivity contribution in [1.29, 1.82) is 0 Å². The normalized spacial score (nSPS) is 14.7. The number of nitrogens with zero attached hydrogens (tertiary/aromatic N) is 3. The molecule has 1 saturated carbocycles. The van der Waals surface area contributed by atoms with Gasteiger partial charge in [0.2, 0.25) is 5.95 Å². The Bertz CT molecular complexity index is 894. The van der Waals surface area contributed by atoms with E-state index in [9.17, 15) is 4.39 Å². The molecule has 1 aliphatic carbocycles. The number of anilines is 3. The second-order valence-electron chi connectivity index (χ2n) is 6.79. The topological polar surface area (TPSA) is 62.7 Å². The summed E-state index contributed by atoms with van der Waals surface area (Å²) >= 11 is 0. The summed E-state index contributed by atoms with van der Waals surface area (Å²) in [6.07, 6.45) is 7.75. The van der Waals surface area contributed by atoms with E-state index < -0.39 is 0 Å². The van der Waals surface area contributed by atoms with Crippen molar-refractivity contribution in [3.63, 3.8) is 0 Å². The number of pyridine rings is 1. The maximum atomic E-state index is 13.5. The van der Waals surface area contributed by atoms with Gasteiger partial charge in [-0.05, 0) is 43.2 Å². The summed E-state index contributed by atoms with van der Waals surface area (Å²) < 4.78 is 13.5. The summed E-state index contributed by atoms with van der Waals surface area (Å²) in [5.74, 6) is 0.887. The summed E-state index contributed by atoms with van der Waals surface area (Å²) in [4.78, 5) is 13.6. The second kappa shape index (κ2) is 8.12. The Hall–Kier alpha value is -3.02. The number of halogens is 1. The minimum Gasteiger partial charge on any atom is -0.351 e. The van der Waals surface area contributed by atoms with E-state index in [1.165, 1.54) is 31.4 Å².